The van der Waals surface area contributed by atoms with Crippen LogP contribution in [0.1, 0.15) is 43.5 Å². The van der Waals surface area contributed by atoms with Crippen LogP contribution >= 0.6 is 23.4 Å². The van der Waals surface area contributed by atoms with Crippen LogP contribution < -0.4 is 5.32 Å². The summed E-state index contributed by atoms with van der Waals surface area (Å²) in [4.78, 5) is 17.2. The van der Waals surface area contributed by atoms with Crippen molar-refractivity contribution in [2.24, 2.45) is 0 Å². The van der Waals surface area contributed by atoms with Crippen molar-refractivity contribution in [3.05, 3.63) is 52.2 Å². The summed E-state index contributed by atoms with van der Waals surface area (Å²) in [7, 11) is 0. The molecule has 0 spiro atoms. The van der Waals surface area contributed by atoms with Gasteiger partial charge in [-0.15, -0.1) is 0 Å². The van der Waals surface area contributed by atoms with E-state index in [1.54, 1.807) is 12.1 Å². The van der Waals surface area contributed by atoms with Gasteiger partial charge in [-0.1, -0.05) is 49.7 Å². The Labute approximate surface area is 164 Å². The van der Waals surface area contributed by atoms with Crippen LogP contribution in [0, 0.1) is 18.3 Å². The summed E-state index contributed by atoms with van der Waals surface area (Å²) in [6.07, 6.45) is 2.46. The maximum absolute atomic E-state index is 12.7. The third kappa shape index (κ3) is 5.23. The number of nitriles is 1. The molecule has 0 aliphatic heterocycles. The number of carbonyl (C=O) groups is 1. The number of aryl methyl sites for hydroxylation is 2. The van der Waals surface area contributed by atoms with Crippen LogP contribution in [-0.4, -0.2) is 16.1 Å². The molecule has 2 aromatic rings. The standard InChI is InChI=1S/C20H22ClN3OS/c1-4-6-15-10-8-14(12-22)20(24-15)26-18(5-2)19(25)23-16-9-7-13(3)17(21)11-16/h7-11,18H,4-6H2,1-3H3,(H,23,25). The molecule has 2 rings (SSSR count). The SMILES string of the molecule is CCCc1ccc(C#N)c(SC(CC)C(=O)Nc2ccc(C)c(Cl)c2)n1. The molecule has 4 nitrogen and oxygen atoms in total. The molecular formula is C20H22ClN3OS. The van der Waals surface area contributed by atoms with E-state index >= 15 is 0 Å². The van der Waals surface area contributed by atoms with Gasteiger partial charge in [0.2, 0.25) is 5.91 Å². The number of rotatable bonds is 7. The number of anilines is 1. The average Bonchev–Trinajstić information content (AvgIpc) is 2.63. The smallest absolute Gasteiger partial charge is 0.237 e. The molecule has 0 radical (unpaired) electrons. The lowest BCUT2D eigenvalue weighted by Crippen LogP contribution is -2.24. The summed E-state index contributed by atoms with van der Waals surface area (Å²) < 4.78 is 0. The number of aromatic nitrogens is 1. The second-order valence-corrected chi connectivity index (χ2v) is 7.58. The lowest BCUT2D eigenvalue weighted by molar-refractivity contribution is -0.115. The minimum absolute atomic E-state index is 0.121. The van der Waals surface area contributed by atoms with Crippen LogP contribution in [0.2, 0.25) is 5.02 Å². The molecule has 1 heterocycles. The highest BCUT2D eigenvalue weighted by molar-refractivity contribution is 8.00. The number of nitrogens with one attached hydrogen (secondary N) is 1. The van der Waals surface area contributed by atoms with Gasteiger partial charge in [0, 0.05) is 16.4 Å². The number of hydrogen-bond donors (Lipinski definition) is 1. The molecule has 136 valence electrons. The molecule has 26 heavy (non-hydrogen) atoms. The fourth-order valence-corrected chi connectivity index (χ4v) is 3.59. The predicted octanol–water partition coefficient (Wildman–Crippen LogP) is 5.38. The maximum Gasteiger partial charge on any atom is 0.237 e. The molecule has 1 atom stereocenters. The molecule has 0 saturated heterocycles. The minimum atomic E-state index is -0.341. The van der Waals surface area contributed by atoms with Gasteiger partial charge in [0.15, 0.2) is 0 Å². The number of benzene rings is 1. The van der Waals surface area contributed by atoms with Gasteiger partial charge < -0.3 is 5.32 Å². The van der Waals surface area contributed by atoms with Crippen LogP contribution in [0.25, 0.3) is 0 Å². The molecule has 0 bridgehead atoms. The second-order valence-electron chi connectivity index (χ2n) is 5.99. The Morgan fingerprint density at radius 3 is 2.73 bits per heavy atom. The molecule has 0 aliphatic carbocycles. The zero-order chi connectivity index (χ0) is 19.1. The van der Waals surface area contributed by atoms with Gasteiger partial charge in [0.25, 0.3) is 0 Å². The summed E-state index contributed by atoms with van der Waals surface area (Å²) in [5, 5.41) is 13.1. The first-order chi connectivity index (χ1) is 12.5. The Morgan fingerprint density at radius 2 is 2.12 bits per heavy atom. The third-order valence-electron chi connectivity index (χ3n) is 3.90. The van der Waals surface area contributed by atoms with Gasteiger partial charge in [-0.2, -0.15) is 5.26 Å². The van der Waals surface area contributed by atoms with E-state index in [0.717, 1.165) is 24.1 Å². The lowest BCUT2D eigenvalue weighted by Gasteiger charge is -2.16. The maximum atomic E-state index is 12.7. The predicted molar refractivity (Wildman–Crippen MR) is 108 cm³/mol. The fraction of sp³-hybridized carbons (Fsp3) is 0.350. The van der Waals surface area contributed by atoms with E-state index in [9.17, 15) is 10.1 Å². The summed E-state index contributed by atoms with van der Waals surface area (Å²) in [6, 6.07) is 11.3. The first kappa shape index (κ1) is 20.3. The van der Waals surface area contributed by atoms with Crippen LogP contribution in [0.3, 0.4) is 0 Å². The van der Waals surface area contributed by atoms with Crippen molar-refractivity contribution in [2.75, 3.05) is 5.32 Å². The van der Waals surface area contributed by atoms with Crippen molar-refractivity contribution in [3.63, 3.8) is 0 Å². The highest BCUT2D eigenvalue weighted by Gasteiger charge is 2.21. The first-order valence-electron chi connectivity index (χ1n) is 8.62. The molecule has 1 aromatic heterocycles. The third-order valence-corrected chi connectivity index (χ3v) is 5.67. The second kappa shape index (κ2) is 9.61. The van der Waals surface area contributed by atoms with Crippen molar-refractivity contribution in [1.82, 2.24) is 4.98 Å². The molecule has 1 aromatic carbocycles. The van der Waals surface area contributed by atoms with E-state index in [1.165, 1.54) is 11.8 Å². The molecule has 1 amide bonds. The van der Waals surface area contributed by atoms with Crippen molar-refractivity contribution in [3.8, 4) is 6.07 Å². The Kier molecular flexibility index (Phi) is 7.50. The summed E-state index contributed by atoms with van der Waals surface area (Å²) in [5.74, 6) is -0.121. The summed E-state index contributed by atoms with van der Waals surface area (Å²) in [6.45, 7) is 5.94. The topological polar surface area (TPSA) is 65.8 Å². The Hall–Kier alpha value is -2.03. The van der Waals surface area contributed by atoms with Gasteiger partial charge in [0.1, 0.15) is 11.1 Å². The average molecular weight is 388 g/mol. The van der Waals surface area contributed by atoms with E-state index in [1.807, 2.05) is 32.0 Å². The zero-order valence-corrected chi connectivity index (χ0v) is 16.7. The van der Waals surface area contributed by atoms with Gasteiger partial charge in [-0.05, 0) is 49.6 Å². The highest BCUT2D eigenvalue weighted by atomic mass is 35.5. The lowest BCUT2D eigenvalue weighted by atomic mass is 10.2. The Balaban J connectivity index is 2.17. The van der Waals surface area contributed by atoms with Gasteiger partial charge in [-0.3, -0.25) is 4.79 Å². The monoisotopic (exact) mass is 387 g/mol. The normalized spacial score (nSPS) is 11.7. The van der Waals surface area contributed by atoms with E-state index in [0.29, 0.717) is 27.7 Å². The van der Waals surface area contributed by atoms with Crippen molar-refractivity contribution in [2.45, 2.75) is 50.3 Å². The number of thioether (sulfide) groups is 1. The quantitative estimate of drug-likeness (QED) is 0.648. The largest absolute Gasteiger partial charge is 0.325 e. The minimum Gasteiger partial charge on any atom is -0.325 e. The van der Waals surface area contributed by atoms with E-state index in [4.69, 9.17) is 11.6 Å². The molecule has 0 aliphatic rings. The van der Waals surface area contributed by atoms with Gasteiger partial charge in [-0.25, -0.2) is 4.98 Å². The Morgan fingerprint density at radius 1 is 1.35 bits per heavy atom. The van der Waals surface area contributed by atoms with Crippen molar-refractivity contribution in [1.29, 1.82) is 5.26 Å². The van der Waals surface area contributed by atoms with E-state index in [-0.39, 0.29) is 11.2 Å². The van der Waals surface area contributed by atoms with E-state index in [2.05, 4.69) is 23.3 Å². The van der Waals surface area contributed by atoms with Crippen LogP contribution in [-0.2, 0) is 11.2 Å². The number of amides is 1. The molecule has 1 N–H and O–H groups in total. The zero-order valence-electron chi connectivity index (χ0n) is 15.2. The van der Waals surface area contributed by atoms with Gasteiger partial charge >= 0.3 is 0 Å². The number of pyridine rings is 1. The van der Waals surface area contributed by atoms with E-state index < -0.39 is 0 Å². The fourth-order valence-electron chi connectivity index (χ4n) is 2.40. The van der Waals surface area contributed by atoms with Crippen LogP contribution in [0.15, 0.2) is 35.4 Å². The summed E-state index contributed by atoms with van der Waals surface area (Å²) in [5.41, 5.74) is 3.06. The molecule has 0 saturated carbocycles. The molecule has 0 fully saturated rings. The number of carbonyl (C=O) groups excluding carboxylic acids is 1. The summed E-state index contributed by atoms with van der Waals surface area (Å²) >= 11 is 7.46. The first-order valence-corrected chi connectivity index (χ1v) is 9.87. The Bertz CT molecular complexity index is 832. The van der Waals surface area contributed by atoms with Crippen LogP contribution in [0.4, 0.5) is 5.69 Å². The van der Waals surface area contributed by atoms with Gasteiger partial charge in [0.05, 0.1) is 10.8 Å². The number of nitrogens with zero attached hydrogens (tertiary/aromatic N) is 2. The number of hydrogen-bond acceptors (Lipinski definition) is 4. The highest BCUT2D eigenvalue weighted by Crippen LogP contribution is 2.29. The molecule has 1 unspecified atom stereocenters. The van der Waals surface area contributed by atoms with Crippen molar-refractivity contribution < 1.29 is 4.79 Å². The molecular weight excluding hydrogens is 366 g/mol. The number of halogens is 1. The van der Waals surface area contributed by atoms with Crippen LogP contribution in [0.5, 0.6) is 0 Å². The molecule has 6 heteroatoms. The van der Waals surface area contributed by atoms with Crippen molar-refractivity contribution >= 4 is 35.0 Å².